The second-order valence-corrected chi connectivity index (χ2v) is 5.43. The summed E-state index contributed by atoms with van der Waals surface area (Å²) in [4.78, 5) is 11.3. The maximum absolute atomic E-state index is 11.3. The van der Waals surface area contributed by atoms with Crippen molar-refractivity contribution in [3.8, 4) is 0 Å². The molecule has 1 atom stereocenters. The zero-order valence-corrected chi connectivity index (χ0v) is 11.1. The zero-order chi connectivity index (χ0) is 13.1. The van der Waals surface area contributed by atoms with Crippen LogP contribution in [0.1, 0.15) is 31.4 Å². The van der Waals surface area contributed by atoms with Crippen molar-refractivity contribution < 1.29 is 9.90 Å². The van der Waals surface area contributed by atoms with Crippen molar-refractivity contribution in [2.75, 3.05) is 11.9 Å². The first-order valence-corrected chi connectivity index (χ1v) is 6.62. The Balaban J connectivity index is 2.14. The maximum Gasteiger partial charge on any atom is 0.224 e. The number of benzene rings is 1. The lowest BCUT2D eigenvalue weighted by atomic mass is 9.88. The number of aryl methyl sites for hydroxylation is 1. The van der Waals surface area contributed by atoms with Crippen LogP contribution in [0.3, 0.4) is 0 Å². The average Bonchev–Trinajstić information content (AvgIpc) is 2.35. The summed E-state index contributed by atoms with van der Waals surface area (Å²) in [7, 11) is 0. The maximum atomic E-state index is 11.3. The van der Waals surface area contributed by atoms with Gasteiger partial charge in [0.2, 0.25) is 5.91 Å². The molecule has 98 valence electrons. The van der Waals surface area contributed by atoms with Crippen molar-refractivity contribution in [2.24, 2.45) is 11.8 Å². The summed E-state index contributed by atoms with van der Waals surface area (Å²) in [5.41, 5.74) is 3.41. The lowest BCUT2D eigenvalue weighted by molar-refractivity contribution is -0.116. The minimum absolute atomic E-state index is 0.102. The molecule has 3 heteroatoms. The monoisotopic (exact) mass is 247 g/mol. The van der Waals surface area contributed by atoms with Gasteiger partial charge in [-0.15, -0.1) is 0 Å². The van der Waals surface area contributed by atoms with Gasteiger partial charge in [0.25, 0.3) is 0 Å². The molecule has 0 bridgehead atoms. The van der Waals surface area contributed by atoms with Gasteiger partial charge in [0.1, 0.15) is 0 Å². The molecule has 0 aliphatic carbocycles. The second kappa shape index (κ2) is 5.53. The van der Waals surface area contributed by atoms with Gasteiger partial charge < -0.3 is 10.4 Å². The second-order valence-electron chi connectivity index (χ2n) is 5.43. The Morgan fingerprint density at radius 3 is 2.78 bits per heavy atom. The fourth-order valence-corrected chi connectivity index (χ4v) is 2.38. The first-order chi connectivity index (χ1) is 8.60. The van der Waals surface area contributed by atoms with E-state index >= 15 is 0 Å². The summed E-state index contributed by atoms with van der Waals surface area (Å²) >= 11 is 0. The van der Waals surface area contributed by atoms with E-state index in [1.54, 1.807) is 0 Å². The third-order valence-corrected chi connectivity index (χ3v) is 3.74. The minimum atomic E-state index is 0.102. The Labute approximate surface area is 108 Å². The van der Waals surface area contributed by atoms with E-state index in [0.717, 1.165) is 18.5 Å². The number of aliphatic hydroxyl groups excluding tert-OH is 1. The van der Waals surface area contributed by atoms with Gasteiger partial charge in [0.05, 0.1) is 0 Å². The molecular weight excluding hydrogens is 226 g/mol. The van der Waals surface area contributed by atoms with Gasteiger partial charge in [-0.2, -0.15) is 0 Å². The van der Waals surface area contributed by atoms with E-state index in [1.807, 2.05) is 6.07 Å². The highest BCUT2D eigenvalue weighted by molar-refractivity contribution is 5.93. The summed E-state index contributed by atoms with van der Waals surface area (Å²) in [6, 6.07) is 6.20. The van der Waals surface area contributed by atoms with Crippen LogP contribution in [0, 0.1) is 11.8 Å². The molecule has 0 fully saturated rings. The molecule has 0 saturated carbocycles. The summed E-state index contributed by atoms with van der Waals surface area (Å²) < 4.78 is 0. The van der Waals surface area contributed by atoms with Crippen molar-refractivity contribution in [3.63, 3.8) is 0 Å². The normalized spacial score (nSPS) is 16.3. The third kappa shape index (κ3) is 2.91. The fraction of sp³-hybridized carbons (Fsp3) is 0.533. The molecule has 1 aromatic rings. The number of nitrogens with one attached hydrogen (secondary N) is 1. The van der Waals surface area contributed by atoms with E-state index in [0.29, 0.717) is 18.3 Å². The van der Waals surface area contributed by atoms with Gasteiger partial charge in [-0.1, -0.05) is 26.0 Å². The largest absolute Gasteiger partial charge is 0.396 e. The smallest absolute Gasteiger partial charge is 0.224 e. The predicted molar refractivity (Wildman–Crippen MR) is 72.5 cm³/mol. The molecule has 2 rings (SSSR count). The zero-order valence-electron chi connectivity index (χ0n) is 11.1. The highest BCUT2D eigenvalue weighted by Crippen LogP contribution is 2.25. The molecule has 1 aliphatic heterocycles. The number of fused-ring (bicyclic) bond motifs is 1. The first-order valence-electron chi connectivity index (χ1n) is 6.62. The van der Waals surface area contributed by atoms with Crippen molar-refractivity contribution in [1.29, 1.82) is 0 Å². The predicted octanol–water partition coefficient (Wildman–Crippen LogP) is 2.38. The Morgan fingerprint density at radius 1 is 1.33 bits per heavy atom. The standard InChI is InChI=1S/C15H21NO2/c1-10(2)13(9-17)8-11-3-5-14-12(7-11)4-6-15(18)16-14/h3,5,7,10,13,17H,4,6,8-9H2,1-2H3,(H,16,18). The fourth-order valence-electron chi connectivity index (χ4n) is 2.38. The van der Waals surface area contributed by atoms with E-state index < -0.39 is 0 Å². The van der Waals surface area contributed by atoms with Crippen molar-refractivity contribution in [3.05, 3.63) is 29.3 Å². The molecule has 3 nitrogen and oxygen atoms in total. The van der Waals surface area contributed by atoms with E-state index in [9.17, 15) is 9.90 Å². The van der Waals surface area contributed by atoms with Gasteiger partial charge in [0, 0.05) is 18.7 Å². The number of aliphatic hydroxyl groups is 1. The van der Waals surface area contributed by atoms with E-state index in [2.05, 4.69) is 31.3 Å². The minimum Gasteiger partial charge on any atom is -0.396 e. The van der Waals surface area contributed by atoms with Crippen LogP contribution in [0.5, 0.6) is 0 Å². The van der Waals surface area contributed by atoms with Gasteiger partial charge in [-0.05, 0) is 41.9 Å². The van der Waals surface area contributed by atoms with Crippen molar-refractivity contribution >= 4 is 11.6 Å². The van der Waals surface area contributed by atoms with Crippen molar-refractivity contribution in [2.45, 2.75) is 33.1 Å². The van der Waals surface area contributed by atoms with Crippen LogP contribution in [-0.2, 0) is 17.6 Å². The van der Waals surface area contributed by atoms with Crippen LogP contribution in [0.4, 0.5) is 5.69 Å². The van der Waals surface area contributed by atoms with E-state index in [-0.39, 0.29) is 12.5 Å². The number of anilines is 1. The van der Waals surface area contributed by atoms with Gasteiger partial charge in [-0.3, -0.25) is 4.79 Å². The summed E-state index contributed by atoms with van der Waals surface area (Å²) in [6.45, 7) is 4.50. The summed E-state index contributed by atoms with van der Waals surface area (Å²) in [5, 5.41) is 12.3. The van der Waals surface area contributed by atoms with Gasteiger partial charge in [-0.25, -0.2) is 0 Å². The molecule has 0 spiro atoms. The molecule has 1 unspecified atom stereocenters. The highest BCUT2D eigenvalue weighted by Gasteiger charge is 2.17. The summed E-state index contributed by atoms with van der Waals surface area (Å²) in [6.07, 6.45) is 2.29. The van der Waals surface area contributed by atoms with E-state index in [4.69, 9.17) is 0 Å². The molecule has 18 heavy (non-hydrogen) atoms. The van der Waals surface area contributed by atoms with Crippen LogP contribution in [0.2, 0.25) is 0 Å². The lowest BCUT2D eigenvalue weighted by Crippen LogP contribution is -2.20. The molecule has 1 aromatic carbocycles. The lowest BCUT2D eigenvalue weighted by Gasteiger charge is -2.21. The SMILES string of the molecule is CC(C)C(CO)Cc1ccc2c(c1)CCC(=O)N2. The number of carbonyl (C=O) groups excluding carboxylic acids is 1. The molecule has 2 N–H and O–H groups in total. The quantitative estimate of drug-likeness (QED) is 0.858. The van der Waals surface area contributed by atoms with Crippen LogP contribution >= 0.6 is 0 Å². The highest BCUT2D eigenvalue weighted by atomic mass is 16.3. The number of hydrogen-bond acceptors (Lipinski definition) is 2. The Bertz CT molecular complexity index is 440. The number of carbonyl (C=O) groups is 1. The number of amides is 1. The topological polar surface area (TPSA) is 49.3 Å². The molecule has 0 saturated heterocycles. The van der Waals surface area contributed by atoms with Crippen molar-refractivity contribution in [1.82, 2.24) is 0 Å². The third-order valence-electron chi connectivity index (χ3n) is 3.74. The van der Waals surface area contributed by atoms with E-state index in [1.165, 1.54) is 11.1 Å². The Morgan fingerprint density at radius 2 is 2.11 bits per heavy atom. The first kappa shape index (κ1) is 13.1. The van der Waals surface area contributed by atoms with Crippen LogP contribution < -0.4 is 5.32 Å². The van der Waals surface area contributed by atoms with Gasteiger partial charge in [0.15, 0.2) is 0 Å². The molecular formula is C15H21NO2. The molecule has 0 aromatic heterocycles. The molecule has 1 aliphatic rings. The number of hydrogen-bond donors (Lipinski definition) is 2. The molecule has 1 amide bonds. The van der Waals surface area contributed by atoms with Crippen LogP contribution in [0.15, 0.2) is 18.2 Å². The Hall–Kier alpha value is -1.35. The molecule has 0 radical (unpaired) electrons. The average molecular weight is 247 g/mol. The van der Waals surface area contributed by atoms with Crippen LogP contribution in [0.25, 0.3) is 0 Å². The Kier molecular flexibility index (Phi) is 4.02. The molecule has 1 heterocycles. The summed E-state index contributed by atoms with van der Waals surface area (Å²) in [5.74, 6) is 0.887. The van der Waals surface area contributed by atoms with Crippen LogP contribution in [-0.4, -0.2) is 17.6 Å². The van der Waals surface area contributed by atoms with Gasteiger partial charge >= 0.3 is 0 Å². The number of rotatable bonds is 4.